The first kappa shape index (κ1) is 15.4. The van der Waals surface area contributed by atoms with Crippen LogP contribution in [0.5, 0.6) is 0 Å². The van der Waals surface area contributed by atoms with Crippen LogP contribution >= 0.6 is 0 Å². The van der Waals surface area contributed by atoms with Gasteiger partial charge in [-0.3, -0.25) is 4.90 Å². The van der Waals surface area contributed by atoms with E-state index in [9.17, 15) is 8.78 Å². The first-order valence-electron chi connectivity index (χ1n) is 7.20. The second-order valence-corrected chi connectivity index (χ2v) is 6.65. The van der Waals surface area contributed by atoms with Gasteiger partial charge in [0.1, 0.15) is 0 Å². The van der Waals surface area contributed by atoms with Gasteiger partial charge in [0, 0.05) is 36.3 Å². The molecule has 1 aromatic rings. The maximum atomic E-state index is 13.9. The fourth-order valence-corrected chi connectivity index (χ4v) is 2.62. The van der Waals surface area contributed by atoms with E-state index in [2.05, 4.69) is 37.9 Å². The van der Waals surface area contributed by atoms with Crippen LogP contribution in [0.2, 0.25) is 0 Å². The lowest BCUT2D eigenvalue weighted by atomic mass is 9.88. The highest BCUT2D eigenvalue weighted by Crippen LogP contribution is 2.28. The molecular weight excluding hydrogens is 258 g/mol. The molecule has 0 amide bonds. The van der Waals surface area contributed by atoms with Crippen molar-refractivity contribution in [1.82, 2.24) is 10.2 Å². The van der Waals surface area contributed by atoms with Crippen LogP contribution in [0.3, 0.4) is 0 Å². The van der Waals surface area contributed by atoms with Crippen LogP contribution in [-0.4, -0.2) is 29.1 Å². The topological polar surface area (TPSA) is 15.3 Å². The van der Waals surface area contributed by atoms with Gasteiger partial charge in [-0.15, -0.1) is 0 Å². The van der Waals surface area contributed by atoms with Gasteiger partial charge >= 0.3 is 0 Å². The third-order valence-electron chi connectivity index (χ3n) is 4.52. The van der Waals surface area contributed by atoms with E-state index in [1.54, 1.807) is 12.1 Å². The smallest absolute Gasteiger partial charge is 0.163 e. The molecule has 1 saturated heterocycles. The van der Waals surface area contributed by atoms with Crippen LogP contribution in [0.25, 0.3) is 0 Å². The van der Waals surface area contributed by atoms with Gasteiger partial charge in [0.25, 0.3) is 0 Å². The Morgan fingerprint density at radius 1 is 1.25 bits per heavy atom. The van der Waals surface area contributed by atoms with Crippen LogP contribution in [0.4, 0.5) is 8.78 Å². The van der Waals surface area contributed by atoms with Crippen LogP contribution in [0.15, 0.2) is 18.2 Å². The molecule has 4 heteroatoms. The quantitative estimate of drug-likeness (QED) is 0.915. The lowest BCUT2D eigenvalue weighted by Crippen LogP contribution is -2.66. The largest absolute Gasteiger partial charge is 0.308 e. The lowest BCUT2D eigenvalue weighted by Gasteiger charge is -2.50. The molecule has 0 radical (unpaired) electrons. The monoisotopic (exact) mass is 282 g/mol. The fraction of sp³-hybridized carbons (Fsp3) is 0.625. The van der Waals surface area contributed by atoms with Crippen molar-refractivity contribution in [3.8, 4) is 0 Å². The number of nitrogens with zero attached hydrogens (tertiary/aromatic N) is 1. The Kier molecular flexibility index (Phi) is 4.17. The summed E-state index contributed by atoms with van der Waals surface area (Å²) in [6.45, 7) is 10.7. The van der Waals surface area contributed by atoms with E-state index in [1.807, 2.05) is 0 Å². The first-order valence-corrected chi connectivity index (χ1v) is 7.20. The maximum absolute atomic E-state index is 13.9. The van der Waals surface area contributed by atoms with Crippen molar-refractivity contribution >= 4 is 0 Å². The molecule has 1 aliphatic rings. The summed E-state index contributed by atoms with van der Waals surface area (Å²) in [4.78, 5) is 2.24. The molecular formula is C16H24F2N2. The summed E-state index contributed by atoms with van der Waals surface area (Å²) in [6, 6.07) is 4.40. The SMILES string of the molecule is CCC1(C)CN(Cc2cccc(F)c2F)C(C)(C)CN1. The number of hydrogen-bond acceptors (Lipinski definition) is 2. The summed E-state index contributed by atoms with van der Waals surface area (Å²) < 4.78 is 27.2. The van der Waals surface area contributed by atoms with E-state index in [1.165, 1.54) is 0 Å². The molecule has 0 saturated carbocycles. The standard InChI is InChI=1S/C16H24F2N2/c1-5-16(4)11-20(15(2,3)10-19-16)9-12-7-6-8-13(17)14(12)18/h6-8,19H,5,9-11H2,1-4H3. The Hall–Kier alpha value is -1.00. The number of nitrogens with one attached hydrogen (secondary N) is 1. The number of rotatable bonds is 3. The normalized spacial score (nSPS) is 26.7. The number of benzene rings is 1. The number of hydrogen-bond donors (Lipinski definition) is 1. The van der Waals surface area contributed by atoms with Crippen LogP contribution in [0.1, 0.15) is 39.7 Å². The molecule has 1 aromatic carbocycles. The summed E-state index contributed by atoms with van der Waals surface area (Å²) in [7, 11) is 0. The zero-order valence-corrected chi connectivity index (χ0v) is 12.8. The highest BCUT2D eigenvalue weighted by atomic mass is 19.2. The summed E-state index contributed by atoms with van der Waals surface area (Å²) in [6.07, 6.45) is 1.01. The molecule has 112 valence electrons. The highest BCUT2D eigenvalue weighted by molar-refractivity contribution is 5.19. The molecule has 0 bridgehead atoms. The van der Waals surface area contributed by atoms with E-state index < -0.39 is 11.6 Å². The molecule has 1 unspecified atom stereocenters. The second kappa shape index (κ2) is 5.41. The maximum Gasteiger partial charge on any atom is 0.163 e. The van der Waals surface area contributed by atoms with Crippen molar-refractivity contribution in [2.45, 2.75) is 51.7 Å². The number of piperazine rings is 1. The molecule has 1 N–H and O–H groups in total. The predicted octanol–water partition coefficient (Wildman–Crippen LogP) is 3.32. The third-order valence-corrected chi connectivity index (χ3v) is 4.52. The van der Waals surface area contributed by atoms with Crippen LogP contribution in [0, 0.1) is 11.6 Å². The van der Waals surface area contributed by atoms with E-state index in [-0.39, 0.29) is 11.1 Å². The van der Waals surface area contributed by atoms with Gasteiger partial charge in [-0.1, -0.05) is 19.1 Å². The van der Waals surface area contributed by atoms with E-state index in [4.69, 9.17) is 0 Å². The van der Waals surface area contributed by atoms with Crippen molar-refractivity contribution in [2.75, 3.05) is 13.1 Å². The third kappa shape index (κ3) is 3.01. The average Bonchev–Trinajstić information content (AvgIpc) is 2.40. The van der Waals surface area contributed by atoms with E-state index in [0.29, 0.717) is 12.1 Å². The van der Waals surface area contributed by atoms with E-state index in [0.717, 1.165) is 25.6 Å². The summed E-state index contributed by atoms with van der Waals surface area (Å²) in [5.74, 6) is -1.49. The van der Waals surface area contributed by atoms with Gasteiger partial charge < -0.3 is 5.32 Å². The average molecular weight is 282 g/mol. The van der Waals surface area contributed by atoms with Crippen molar-refractivity contribution in [2.24, 2.45) is 0 Å². The van der Waals surface area contributed by atoms with Gasteiger partial charge in [0.15, 0.2) is 11.6 Å². The minimum atomic E-state index is -0.770. The molecule has 1 atom stereocenters. The zero-order valence-electron chi connectivity index (χ0n) is 12.8. The van der Waals surface area contributed by atoms with E-state index >= 15 is 0 Å². The predicted molar refractivity (Wildman–Crippen MR) is 77.5 cm³/mol. The Labute approximate surface area is 120 Å². The zero-order chi connectivity index (χ0) is 15.0. The van der Waals surface area contributed by atoms with Gasteiger partial charge in [-0.25, -0.2) is 8.78 Å². The van der Waals surface area contributed by atoms with Gasteiger partial charge in [-0.05, 0) is 33.3 Å². The van der Waals surface area contributed by atoms with Crippen molar-refractivity contribution in [3.05, 3.63) is 35.4 Å². The van der Waals surface area contributed by atoms with Crippen LogP contribution < -0.4 is 5.32 Å². The molecule has 0 aliphatic carbocycles. The molecule has 1 heterocycles. The highest BCUT2D eigenvalue weighted by Gasteiger charge is 2.39. The molecule has 0 aromatic heterocycles. The Bertz CT molecular complexity index is 487. The summed E-state index contributed by atoms with van der Waals surface area (Å²) in [5.41, 5.74) is 0.380. The molecule has 20 heavy (non-hydrogen) atoms. The number of halogens is 2. The summed E-state index contributed by atoms with van der Waals surface area (Å²) in [5, 5.41) is 3.57. The Balaban J connectivity index is 2.23. The lowest BCUT2D eigenvalue weighted by molar-refractivity contribution is 0.0237. The molecule has 1 fully saturated rings. The van der Waals surface area contributed by atoms with Gasteiger partial charge in [0.05, 0.1) is 0 Å². The first-order chi connectivity index (χ1) is 9.27. The molecule has 2 rings (SSSR count). The van der Waals surface area contributed by atoms with Gasteiger partial charge in [-0.2, -0.15) is 0 Å². The second-order valence-electron chi connectivity index (χ2n) is 6.65. The Morgan fingerprint density at radius 2 is 1.95 bits per heavy atom. The van der Waals surface area contributed by atoms with Crippen molar-refractivity contribution in [3.63, 3.8) is 0 Å². The molecule has 0 spiro atoms. The molecule has 1 aliphatic heterocycles. The van der Waals surface area contributed by atoms with Crippen molar-refractivity contribution < 1.29 is 8.78 Å². The molecule has 2 nitrogen and oxygen atoms in total. The Morgan fingerprint density at radius 3 is 2.60 bits per heavy atom. The van der Waals surface area contributed by atoms with Crippen molar-refractivity contribution in [1.29, 1.82) is 0 Å². The minimum absolute atomic E-state index is 0.0271. The fourth-order valence-electron chi connectivity index (χ4n) is 2.62. The van der Waals surface area contributed by atoms with Gasteiger partial charge in [0.2, 0.25) is 0 Å². The minimum Gasteiger partial charge on any atom is -0.308 e. The summed E-state index contributed by atoms with van der Waals surface area (Å²) >= 11 is 0. The van der Waals surface area contributed by atoms with Crippen LogP contribution in [-0.2, 0) is 6.54 Å².